The van der Waals surface area contributed by atoms with Gasteiger partial charge in [-0.1, -0.05) is 0 Å². The normalized spacial score (nSPS) is 19.2. The number of benzene rings is 1. The van der Waals surface area contributed by atoms with Crippen molar-refractivity contribution in [3.8, 4) is 11.5 Å². The summed E-state index contributed by atoms with van der Waals surface area (Å²) in [6, 6.07) is 5.44. The monoisotopic (exact) mass is 202 g/mol. The molecule has 2 heteroatoms. The van der Waals surface area contributed by atoms with E-state index in [9.17, 15) is 5.11 Å². The molecule has 3 rings (SSSR count). The quantitative estimate of drug-likeness (QED) is 0.700. The Morgan fingerprint density at radius 3 is 2.93 bits per heavy atom. The predicted molar refractivity (Wildman–Crippen MR) is 59.0 cm³/mol. The molecule has 1 aliphatic carbocycles. The number of phenolic OH excluding ortho intramolecular Hbond substituents is 1. The second-order valence-corrected chi connectivity index (χ2v) is 4.26. The molecule has 0 amide bonds. The number of aromatic hydroxyl groups is 1. The van der Waals surface area contributed by atoms with Crippen LogP contribution in [0.25, 0.3) is 5.57 Å². The number of hydrogen-bond acceptors (Lipinski definition) is 2. The first-order valence-corrected chi connectivity index (χ1v) is 5.52. The van der Waals surface area contributed by atoms with Crippen LogP contribution in [0.5, 0.6) is 11.5 Å². The smallest absolute Gasteiger partial charge is 0.130 e. The van der Waals surface area contributed by atoms with Gasteiger partial charge in [0.1, 0.15) is 18.1 Å². The van der Waals surface area contributed by atoms with Gasteiger partial charge in [-0.3, -0.25) is 0 Å². The van der Waals surface area contributed by atoms with Crippen LogP contribution in [0.3, 0.4) is 0 Å². The molecular formula is C13H14O2. The van der Waals surface area contributed by atoms with Gasteiger partial charge >= 0.3 is 0 Å². The van der Waals surface area contributed by atoms with Crippen LogP contribution in [-0.4, -0.2) is 11.7 Å². The Labute approximate surface area is 89.2 Å². The Bertz CT molecular complexity index is 432. The van der Waals surface area contributed by atoms with E-state index in [0.29, 0.717) is 6.61 Å². The molecule has 0 unspecified atom stereocenters. The molecule has 0 fully saturated rings. The standard InChI is InChI=1S/C13H14O2/c14-10-5-6-12-11-4-2-1-3-9(11)8-15-13(12)7-10/h5-7,14H,1-4,8H2. The molecule has 0 aromatic heterocycles. The maximum atomic E-state index is 9.39. The average Bonchev–Trinajstić information content (AvgIpc) is 2.28. The van der Waals surface area contributed by atoms with E-state index in [-0.39, 0.29) is 5.75 Å². The lowest BCUT2D eigenvalue weighted by molar-refractivity contribution is 0.333. The molecule has 78 valence electrons. The van der Waals surface area contributed by atoms with Crippen molar-refractivity contribution in [2.45, 2.75) is 25.7 Å². The molecule has 1 aromatic rings. The van der Waals surface area contributed by atoms with Gasteiger partial charge < -0.3 is 9.84 Å². The van der Waals surface area contributed by atoms with Gasteiger partial charge in [0.05, 0.1) is 0 Å². The lowest BCUT2D eigenvalue weighted by atomic mass is 9.86. The molecule has 1 aromatic carbocycles. The van der Waals surface area contributed by atoms with Crippen LogP contribution in [-0.2, 0) is 0 Å². The molecule has 1 aliphatic heterocycles. The predicted octanol–water partition coefficient (Wildman–Crippen LogP) is 3.11. The number of hydrogen-bond donors (Lipinski definition) is 1. The highest BCUT2D eigenvalue weighted by Gasteiger charge is 2.22. The van der Waals surface area contributed by atoms with Crippen LogP contribution in [0, 0.1) is 0 Å². The summed E-state index contributed by atoms with van der Waals surface area (Å²) >= 11 is 0. The van der Waals surface area contributed by atoms with Gasteiger partial charge in [-0.15, -0.1) is 0 Å². The van der Waals surface area contributed by atoms with Gasteiger partial charge in [-0.2, -0.15) is 0 Å². The first-order valence-electron chi connectivity index (χ1n) is 5.52. The van der Waals surface area contributed by atoms with Crippen LogP contribution in [0.1, 0.15) is 31.2 Å². The number of allylic oxidation sites excluding steroid dienone is 1. The molecule has 1 heterocycles. The Kier molecular flexibility index (Phi) is 1.94. The van der Waals surface area contributed by atoms with E-state index in [1.807, 2.05) is 6.07 Å². The van der Waals surface area contributed by atoms with Crippen molar-refractivity contribution in [2.24, 2.45) is 0 Å². The number of rotatable bonds is 0. The van der Waals surface area contributed by atoms with Crippen molar-refractivity contribution >= 4 is 5.57 Å². The van der Waals surface area contributed by atoms with E-state index in [1.165, 1.54) is 36.0 Å². The summed E-state index contributed by atoms with van der Waals surface area (Å²) in [6.07, 6.45) is 4.90. The fraction of sp³-hybridized carbons (Fsp3) is 0.385. The third kappa shape index (κ3) is 1.41. The Morgan fingerprint density at radius 2 is 2.00 bits per heavy atom. The summed E-state index contributed by atoms with van der Waals surface area (Å²) in [7, 11) is 0. The van der Waals surface area contributed by atoms with Gasteiger partial charge in [0, 0.05) is 11.6 Å². The molecule has 0 atom stereocenters. The van der Waals surface area contributed by atoms with Gasteiger partial charge in [0.2, 0.25) is 0 Å². The Morgan fingerprint density at radius 1 is 1.13 bits per heavy atom. The van der Waals surface area contributed by atoms with Crippen LogP contribution in [0.4, 0.5) is 0 Å². The fourth-order valence-corrected chi connectivity index (χ4v) is 2.50. The van der Waals surface area contributed by atoms with Crippen LogP contribution in [0.2, 0.25) is 0 Å². The highest BCUT2D eigenvalue weighted by molar-refractivity contribution is 5.76. The largest absolute Gasteiger partial charge is 0.508 e. The van der Waals surface area contributed by atoms with Crippen molar-refractivity contribution in [3.63, 3.8) is 0 Å². The Hall–Kier alpha value is -1.44. The topological polar surface area (TPSA) is 29.5 Å². The molecule has 15 heavy (non-hydrogen) atoms. The van der Waals surface area contributed by atoms with Gasteiger partial charge in [-0.25, -0.2) is 0 Å². The summed E-state index contributed by atoms with van der Waals surface area (Å²) in [4.78, 5) is 0. The first-order chi connectivity index (χ1) is 7.34. The fourth-order valence-electron chi connectivity index (χ4n) is 2.50. The maximum absolute atomic E-state index is 9.39. The molecule has 0 saturated carbocycles. The second kappa shape index (κ2) is 3.30. The summed E-state index contributed by atoms with van der Waals surface area (Å²) < 4.78 is 5.66. The number of ether oxygens (including phenoxy) is 1. The third-order valence-electron chi connectivity index (χ3n) is 3.27. The lowest BCUT2D eigenvalue weighted by Crippen LogP contribution is -2.14. The van der Waals surface area contributed by atoms with Crippen molar-refractivity contribution in [1.29, 1.82) is 0 Å². The molecule has 1 N–H and O–H groups in total. The minimum absolute atomic E-state index is 0.286. The zero-order valence-corrected chi connectivity index (χ0v) is 8.62. The van der Waals surface area contributed by atoms with Crippen molar-refractivity contribution < 1.29 is 9.84 Å². The number of fused-ring (bicyclic) bond motifs is 2. The molecule has 0 bridgehead atoms. The zero-order chi connectivity index (χ0) is 10.3. The zero-order valence-electron chi connectivity index (χ0n) is 8.62. The van der Waals surface area contributed by atoms with E-state index in [1.54, 1.807) is 12.1 Å². The second-order valence-electron chi connectivity index (χ2n) is 4.26. The molecule has 2 nitrogen and oxygen atoms in total. The average molecular weight is 202 g/mol. The highest BCUT2D eigenvalue weighted by atomic mass is 16.5. The maximum Gasteiger partial charge on any atom is 0.130 e. The highest BCUT2D eigenvalue weighted by Crippen LogP contribution is 2.41. The molecule has 2 aliphatic rings. The molecule has 0 saturated heterocycles. The van der Waals surface area contributed by atoms with Gasteiger partial charge in [0.15, 0.2) is 0 Å². The minimum Gasteiger partial charge on any atom is -0.508 e. The van der Waals surface area contributed by atoms with Gasteiger partial charge in [-0.05, 0) is 49.0 Å². The SMILES string of the molecule is Oc1ccc2c(c1)OCC1=C2CCCC1. The lowest BCUT2D eigenvalue weighted by Gasteiger charge is -2.27. The van der Waals surface area contributed by atoms with Crippen molar-refractivity contribution in [3.05, 3.63) is 29.3 Å². The summed E-state index contributed by atoms with van der Waals surface area (Å²) in [6.45, 7) is 0.714. The minimum atomic E-state index is 0.286. The van der Waals surface area contributed by atoms with E-state index in [4.69, 9.17) is 4.74 Å². The summed E-state index contributed by atoms with van der Waals surface area (Å²) in [5, 5.41) is 9.39. The molecule has 0 spiro atoms. The van der Waals surface area contributed by atoms with E-state index in [2.05, 4.69) is 0 Å². The van der Waals surface area contributed by atoms with E-state index >= 15 is 0 Å². The van der Waals surface area contributed by atoms with Gasteiger partial charge in [0.25, 0.3) is 0 Å². The first kappa shape index (κ1) is 8.84. The summed E-state index contributed by atoms with van der Waals surface area (Å²) in [5.41, 5.74) is 4.11. The van der Waals surface area contributed by atoms with E-state index < -0.39 is 0 Å². The van der Waals surface area contributed by atoms with Crippen molar-refractivity contribution in [2.75, 3.05) is 6.61 Å². The summed E-state index contributed by atoms with van der Waals surface area (Å²) in [5.74, 6) is 1.13. The third-order valence-corrected chi connectivity index (χ3v) is 3.27. The van der Waals surface area contributed by atoms with Crippen LogP contribution < -0.4 is 4.74 Å². The van der Waals surface area contributed by atoms with E-state index in [0.717, 1.165) is 12.2 Å². The van der Waals surface area contributed by atoms with Crippen molar-refractivity contribution in [1.82, 2.24) is 0 Å². The molecular weight excluding hydrogens is 188 g/mol. The molecule has 0 radical (unpaired) electrons. The van der Waals surface area contributed by atoms with Crippen LogP contribution >= 0.6 is 0 Å². The number of phenols is 1. The van der Waals surface area contributed by atoms with Crippen LogP contribution in [0.15, 0.2) is 23.8 Å². The Balaban J connectivity index is 2.12.